The van der Waals surface area contributed by atoms with Crippen LogP contribution in [0.3, 0.4) is 0 Å². The average Bonchev–Trinajstić information content (AvgIpc) is 2.39. The predicted octanol–water partition coefficient (Wildman–Crippen LogP) is 1.09. The molecule has 2 amide bonds. The van der Waals surface area contributed by atoms with E-state index in [1.165, 1.54) is 0 Å². The van der Waals surface area contributed by atoms with Crippen LogP contribution in [0.4, 0.5) is 0 Å². The minimum atomic E-state index is -1.02. The van der Waals surface area contributed by atoms with Gasteiger partial charge in [-0.25, -0.2) is 0 Å². The number of amides is 2. The lowest BCUT2D eigenvalue weighted by molar-refractivity contribution is -0.127. The first-order valence-electron chi connectivity index (χ1n) is 6.40. The van der Waals surface area contributed by atoms with Crippen molar-refractivity contribution in [3.8, 4) is 0 Å². The zero-order chi connectivity index (χ0) is 15.8. The van der Waals surface area contributed by atoms with Gasteiger partial charge in [-0.15, -0.1) is 0 Å². The zero-order valence-corrected chi connectivity index (χ0v) is 14.2. The van der Waals surface area contributed by atoms with Gasteiger partial charge in [-0.1, -0.05) is 0 Å². The van der Waals surface area contributed by atoms with Crippen molar-refractivity contribution in [1.29, 1.82) is 0 Å². The molecule has 0 saturated heterocycles. The molecular weight excluding hydrogens is 296 g/mol. The van der Waals surface area contributed by atoms with Crippen molar-refractivity contribution in [3.63, 3.8) is 0 Å². The maximum absolute atomic E-state index is 11.9. The Morgan fingerprint density at radius 3 is 1.40 bits per heavy atom. The molecule has 0 spiro atoms. The molecule has 0 unspecified atom stereocenters. The number of nitrogens with zero attached hydrogens (tertiary/aromatic N) is 2. The summed E-state index contributed by atoms with van der Waals surface area (Å²) >= 11 is 8.04. The summed E-state index contributed by atoms with van der Waals surface area (Å²) < 4.78 is 0. The number of rotatable bonds is 8. The smallest absolute Gasteiger partial charge is 0.249 e. The second kappa shape index (κ2) is 8.51. The van der Waals surface area contributed by atoms with Gasteiger partial charge in [-0.2, -0.15) is 35.5 Å². The minimum absolute atomic E-state index is 0.248. The normalized spacial score (nSPS) is 12.5. The summed E-state index contributed by atoms with van der Waals surface area (Å²) in [6.45, 7) is 7.51. The third kappa shape index (κ3) is 6.60. The lowest BCUT2D eigenvalue weighted by Crippen LogP contribution is -2.44. The number of carbonyl (C=O) groups excluding carboxylic acids is 2. The molecule has 2 N–H and O–H groups in total. The Morgan fingerprint density at radius 1 is 0.850 bits per heavy atom. The summed E-state index contributed by atoms with van der Waals surface area (Å²) in [5.41, 5.74) is -2.05. The molecule has 0 atom stereocenters. The van der Waals surface area contributed by atoms with Gasteiger partial charge in [0, 0.05) is 24.6 Å². The predicted molar refractivity (Wildman–Crippen MR) is 86.7 cm³/mol. The van der Waals surface area contributed by atoms with Gasteiger partial charge in [0.2, 0.25) is 11.8 Å². The molecule has 6 nitrogen and oxygen atoms in total. The Bertz CT molecular complexity index is 336. The molecule has 8 heteroatoms. The molecule has 116 valence electrons. The van der Waals surface area contributed by atoms with Crippen LogP contribution in [0.2, 0.25) is 0 Å². The molecule has 0 heterocycles. The molecule has 0 fully saturated rings. The molecule has 0 aromatic rings. The standard InChI is InChI=1S/C12H24N4O2S2/c1-11(2,9(17)13-5-7-19)15-16-12(3,4)10(18)14-6-8-20/h19-20H,5-8H2,1-4H3,(H,13,17)(H,14,18). The van der Waals surface area contributed by atoms with Crippen molar-refractivity contribution < 1.29 is 9.59 Å². The molecule has 0 aliphatic rings. The molecule has 0 aromatic heterocycles. The number of nitrogens with one attached hydrogen (secondary N) is 2. The van der Waals surface area contributed by atoms with Gasteiger partial charge in [-0.3, -0.25) is 9.59 Å². The lowest BCUT2D eigenvalue weighted by atomic mass is 10.0. The second-order valence-corrected chi connectivity index (χ2v) is 6.17. The highest BCUT2D eigenvalue weighted by molar-refractivity contribution is 7.80. The number of thiol groups is 2. The van der Waals surface area contributed by atoms with E-state index >= 15 is 0 Å². The van der Waals surface area contributed by atoms with Crippen LogP contribution in [0.5, 0.6) is 0 Å². The molecule has 20 heavy (non-hydrogen) atoms. The van der Waals surface area contributed by atoms with Gasteiger partial charge in [0.05, 0.1) is 0 Å². The summed E-state index contributed by atoms with van der Waals surface area (Å²) in [5, 5.41) is 13.4. The first-order chi connectivity index (χ1) is 9.17. The molecule has 0 aliphatic carbocycles. The van der Waals surface area contributed by atoms with E-state index in [-0.39, 0.29) is 11.8 Å². The van der Waals surface area contributed by atoms with Gasteiger partial charge < -0.3 is 10.6 Å². The van der Waals surface area contributed by atoms with E-state index in [9.17, 15) is 9.59 Å². The fraction of sp³-hybridized carbons (Fsp3) is 0.833. The first-order valence-corrected chi connectivity index (χ1v) is 7.66. The van der Waals surface area contributed by atoms with Crippen molar-refractivity contribution in [2.75, 3.05) is 24.6 Å². The monoisotopic (exact) mass is 320 g/mol. The van der Waals surface area contributed by atoms with Gasteiger partial charge in [0.25, 0.3) is 0 Å². The van der Waals surface area contributed by atoms with Crippen molar-refractivity contribution in [3.05, 3.63) is 0 Å². The number of carbonyl (C=O) groups is 2. The van der Waals surface area contributed by atoms with Gasteiger partial charge >= 0.3 is 0 Å². The van der Waals surface area contributed by atoms with E-state index in [1.54, 1.807) is 27.7 Å². The van der Waals surface area contributed by atoms with Crippen LogP contribution in [-0.2, 0) is 9.59 Å². The van der Waals surface area contributed by atoms with Crippen LogP contribution in [0.25, 0.3) is 0 Å². The van der Waals surface area contributed by atoms with E-state index in [1.807, 2.05) is 0 Å². The van der Waals surface area contributed by atoms with Crippen LogP contribution < -0.4 is 10.6 Å². The first kappa shape index (κ1) is 19.2. The Hall–Kier alpha value is -0.760. The second-order valence-electron chi connectivity index (χ2n) is 5.28. The van der Waals surface area contributed by atoms with Crippen molar-refractivity contribution in [2.45, 2.75) is 38.8 Å². The van der Waals surface area contributed by atoms with Crippen LogP contribution in [0, 0.1) is 0 Å². The molecule has 0 radical (unpaired) electrons. The molecule has 0 aliphatic heterocycles. The van der Waals surface area contributed by atoms with Crippen LogP contribution in [-0.4, -0.2) is 47.5 Å². The van der Waals surface area contributed by atoms with Crippen molar-refractivity contribution in [2.24, 2.45) is 10.2 Å². The van der Waals surface area contributed by atoms with Gasteiger partial charge in [-0.05, 0) is 27.7 Å². The van der Waals surface area contributed by atoms with E-state index < -0.39 is 11.1 Å². The summed E-state index contributed by atoms with van der Waals surface area (Å²) in [4.78, 5) is 23.7. The summed E-state index contributed by atoms with van der Waals surface area (Å²) in [7, 11) is 0. The molecule has 0 bridgehead atoms. The third-order valence-corrected chi connectivity index (χ3v) is 2.90. The molecule has 0 rings (SSSR count). The quantitative estimate of drug-likeness (QED) is 0.399. The number of hydrogen-bond donors (Lipinski definition) is 4. The molecular formula is C12H24N4O2S2. The molecule has 0 saturated carbocycles. The Labute approximate surface area is 131 Å². The summed E-state index contributed by atoms with van der Waals surface area (Å²) in [6.07, 6.45) is 0. The van der Waals surface area contributed by atoms with Crippen LogP contribution in [0.15, 0.2) is 10.2 Å². The summed E-state index contributed by atoms with van der Waals surface area (Å²) in [6, 6.07) is 0. The van der Waals surface area contributed by atoms with E-state index in [4.69, 9.17) is 0 Å². The number of azo groups is 1. The fourth-order valence-electron chi connectivity index (χ4n) is 1.11. The maximum atomic E-state index is 11.9. The SMILES string of the molecule is CC(C)(N=NC(C)(C)C(=O)NCCS)C(=O)NCCS. The fourth-order valence-corrected chi connectivity index (χ4v) is 1.34. The van der Waals surface area contributed by atoms with E-state index in [2.05, 4.69) is 46.1 Å². The highest BCUT2D eigenvalue weighted by atomic mass is 32.1. The van der Waals surface area contributed by atoms with Crippen molar-refractivity contribution in [1.82, 2.24) is 10.6 Å². The van der Waals surface area contributed by atoms with Gasteiger partial charge in [0.1, 0.15) is 0 Å². The maximum Gasteiger partial charge on any atom is 0.249 e. The molecule has 0 aromatic carbocycles. The zero-order valence-electron chi connectivity index (χ0n) is 12.4. The largest absolute Gasteiger partial charge is 0.353 e. The van der Waals surface area contributed by atoms with Crippen LogP contribution in [0.1, 0.15) is 27.7 Å². The third-order valence-electron chi connectivity index (χ3n) is 2.46. The van der Waals surface area contributed by atoms with E-state index in [0.717, 1.165) is 0 Å². The highest BCUT2D eigenvalue weighted by Crippen LogP contribution is 2.16. The van der Waals surface area contributed by atoms with Crippen molar-refractivity contribution >= 4 is 37.1 Å². The van der Waals surface area contributed by atoms with E-state index in [0.29, 0.717) is 24.6 Å². The lowest BCUT2D eigenvalue weighted by Gasteiger charge is -2.22. The topological polar surface area (TPSA) is 82.9 Å². The van der Waals surface area contributed by atoms with Gasteiger partial charge in [0.15, 0.2) is 11.1 Å². The Kier molecular flexibility index (Phi) is 8.19. The van der Waals surface area contributed by atoms with Crippen LogP contribution >= 0.6 is 25.3 Å². The Balaban J connectivity index is 4.72. The highest BCUT2D eigenvalue weighted by Gasteiger charge is 2.31. The Morgan fingerprint density at radius 2 is 1.15 bits per heavy atom. The minimum Gasteiger partial charge on any atom is -0.353 e. The number of hydrogen-bond acceptors (Lipinski definition) is 6. The summed E-state index contributed by atoms with van der Waals surface area (Å²) in [5.74, 6) is 0.608. The average molecular weight is 320 g/mol.